The van der Waals surface area contributed by atoms with Crippen molar-refractivity contribution in [2.24, 2.45) is 5.92 Å². The minimum Gasteiger partial charge on any atom is -0.478 e. The summed E-state index contributed by atoms with van der Waals surface area (Å²) in [5, 5.41) is 9.43. The van der Waals surface area contributed by atoms with E-state index in [2.05, 4.69) is 6.58 Å². The molecule has 2 aliphatic rings. The SMILES string of the molecule is C=C1C(=O)OC2C=C(C(=O)O)CCC=C(C)CC(OC(=O)C=C(C)CC)C12. The molecule has 6 heteroatoms. The quantitative estimate of drug-likeness (QED) is 0.460. The molecule has 27 heavy (non-hydrogen) atoms. The van der Waals surface area contributed by atoms with Gasteiger partial charge in [0.05, 0.1) is 5.92 Å². The smallest absolute Gasteiger partial charge is 0.334 e. The summed E-state index contributed by atoms with van der Waals surface area (Å²) in [7, 11) is 0. The van der Waals surface area contributed by atoms with Crippen molar-refractivity contribution >= 4 is 17.9 Å². The molecule has 1 fully saturated rings. The zero-order chi connectivity index (χ0) is 20.1. The van der Waals surface area contributed by atoms with Crippen LogP contribution in [0.3, 0.4) is 0 Å². The Kier molecular flexibility index (Phi) is 6.77. The number of hydrogen-bond donors (Lipinski definition) is 1. The number of fused-ring (bicyclic) bond motifs is 1. The van der Waals surface area contributed by atoms with E-state index in [0.717, 1.165) is 17.6 Å². The second kappa shape index (κ2) is 8.84. The molecule has 0 amide bonds. The number of carbonyl (C=O) groups is 3. The summed E-state index contributed by atoms with van der Waals surface area (Å²) in [5.74, 6) is -2.75. The minimum absolute atomic E-state index is 0.172. The van der Waals surface area contributed by atoms with Gasteiger partial charge in [-0.05, 0) is 39.2 Å². The molecule has 6 nitrogen and oxygen atoms in total. The van der Waals surface area contributed by atoms with Crippen LogP contribution in [-0.4, -0.2) is 35.2 Å². The number of esters is 2. The van der Waals surface area contributed by atoms with Crippen LogP contribution < -0.4 is 0 Å². The van der Waals surface area contributed by atoms with Crippen LogP contribution in [0.4, 0.5) is 0 Å². The Morgan fingerprint density at radius 3 is 2.78 bits per heavy atom. The molecule has 146 valence electrons. The standard InChI is InChI=1S/C21H26O6/c1-5-12(2)10-18(22)26-16-9-13(3)7-6-8-15(20(23)24)11-17-19(16)14(4)21(25)27-17/h7,10-11,16-17,19H,4-6,8-9H2,1-3H3,(H,23,24). The monoisotopic (exact) mass is 374 g/mol. The first-order valence-corrected chi connectivity index (χ1v) is 9.10. The largest absolute Gasteiger partial charge is 0.478 e. The van der Waals surface area contributed by atoms with Crippen molar-refractivity contribution in [1.82, 2.24) is 0 Å². The van der Waals surface area contributed by atoms with Gasteiger partial charge in [-0.2, -0.15) is 0 Å². The Labute approximate surface area is 159 Å². The zero-order valence-electron chi connectivity index (χ0n) is 16.0. The highest BCUT2D eigenvalue weighted by molar-refractivity contribution is 5.92. The van der Waals surface area contributed by atoms with Crippen molar-refractivity contribution in [3.63, 3.8) is 0 Å². The first-order valence-electron chi connectivity index (χ1n) is 9.10. The lowest BCUT2D eigenvalue weighted by Gasteiger charge is -2.27. The highest BCUT2D eigenvalue weighted by Crippen LogP contribution is 2.36. The molecule has 0 aromatic heterocycles. The van der Waals surface area contributed by atoms with Gasteiger partial charge in [0.25, 0.3) is 0 Å². The Morgan fingerprint density at radius 2 is 2.15 bits per heavy atom. The fourth-order valence-corrected chi connectivity index (χ4v) is 3.24. The van der Waals surface area contributed by atoms with Crippen LogP contribution in [0, 0.1) is 5.92 Å². The lowest BCUT2D eigenvalue weighted by Crippen LogP contribution is -2.33. The molecule has 0 bridgehead atoms. The van der Waals surface area contributed by atoms with Crippen LogP contribution in [0.2, 0.25) is 0 Å². The maximum absolute atomic E-state index is 12.3. The minimum atomic E-state index is -1.05. The second-order valence-electron chi connectivity index (χ2n) is 7.03. The number of ether oxygens (including phenoxy) is 2. The van der Waals surface area contributed by atoms with Gasteiger partial charge in [-0.25, -0.2) is 14.4 Å². The van der Waals surface area contributed by atoms with Crippen molar-refractivity contribution < 1.29 is 29.0 Å². The van der Waals surface area contributed by atoms with Crippen LogP contribution in [0.1, 0.15) is 46.5 Å². The van der Waals surface area contributed by atoms with E-state index >= 15 is 0 Å². The van der Waals surface area contributed by atoms with Gasteiger partial charge in [0, 0.05) is 23.6 Å². The van der Waals surface area contributed by atoms with E-state index in [0.29, 0.717) is 19.3 Å². The molecule has 1 saturated heterocycles. The number of hydrogen-bond acceptors (Lipinski definition) is 5. The number of aliphatic carboxylic acids is 1. The van der Waals surface area contributed by atoms with E-state index in [1.54, 1.807) is 0 Å². The second-order valence-corrected chi connectivity index (χ2v) is 7.03. The van der Waals surface area contributed by atoms with Crippen molar-refractivity contribution in [1.29, 1.82) is 0 Å². The Bertz CT molecular complexity index is 740. The maximum atomic E-state index is 12.3. The third-order valence-electron chi connectivity index (χ3n) is 4.92. The van der Waals surface area contributed by atoms with Gasteiger partial charge in [0.15, 0.2) is 0 Å². The first-order chi connectivity index (χ1) is 12.7. The molecular weight excluding hydrogens is 348 g/mol. The summed E-state index contributed by atoms with van der Waals surface area (Å²) in [4.78, 5) is 35.9. The van der Waals surface area contributed by atoms with Gasteiger partial charge >= 0.3 is 17.9 Å². The number of carbonyl (C=O) groups excluding carboxylic acids is 2. The fourth-order valence-electron chi connectivity index (χ4n) is 3.24. The molecule has 1 aliphatic heterocycles. The summed E-state index contributed by atoms with van der Waals surface area (Å²) in [6.45, 7) is 9.47. The molecule has 2 rings (SSSR count). The molecule has 1 N–H and O–H groups in total. The topological polar surface area (TPSA) is 89.9 Å². The van der Waals surface area contributed by atoms with Crippen molar-refractivity contribution in [3.8, 4) is 0 Å². The Morgan fingerprint density at radius 1 is 1.44 bits per heavy atom. The van der Waals surface area contributed by atoms with Crippen LogP contribution >= 0.6 is 0 Å². The molecule has 0 saturated carbocycles. The average Bonchev–Trinajstić information content (AvgIpc) is 2.86. The molecule has 0 radical (unpaired) electrons. The highest BCUT2D eigenvalue weighted by Gasteiger charge is 2.44. The highest BCUT2D eigenvalue weighted by atomic mass is 16.6. The predicted molar refractivity (Wildman–Crippen MR) is 99.8 cm³/mol. The number of allylic oxidation sites excluding steroid dienone is 2. The summed E-state index contributed by atoms with van der Waals surface area (Å²) < 4.78 is 11.0. The summed E-state index contributed by atoms with van der Waals surface area (Å²) >= 11 is 0. The fraction of sp³-hybridized carbons (Fsp3) is 0.476. The normalized spacial score (nSPS) is 26.5. The van der Waals surface area contributed by atoms with Crippen molar-refractivity contribution in [2.75, 3.05) is 0 Å². The van der Waals surface area contributed by atoms with Crippen LogP contribution in [0.15, 0.2) is 47.1 Å². The van der Waals surface area contributed by atoms with Gasteiger partial charge in [-0.15, -0.1) is 0 Å². The van der Waals surface area contributed by atoms with Gasteiger partial charge < -0.3 is 14.6 Å². The zero-order valence-corrected chi connectivity index (χ0v) is 16.0. The molecule has 1 heterocycles. The maximum Gasteiger partial charge on any atom is 0.334 e. The summed E-state index contributed by atoms with van der Waals surface area (Å²) in [5.41, 5.74) is 2.21. The van der Waals surface area contributed by atoms with E-state index in [1.165, 1.54) is 12.2 Å². The van der Waals surface area contributed by atoms with Gasteiger partial charge in [-0.1, -0.05) is 30.7 Å². The molecule has 1 aliphatic carbocycles. The van der Waals surface area contributed by atoms with E-state index in [1.807, 2.05) is 26.8 Å². The molecule has 0 aromatic carbocycles. The number of rotatable bonds is 4. The number of carboxylic acid groups (broad SMARTS) is 1. The lowest BCUT2D eigenvalue weighted by molar-refractivity contribution is -0.146. The van der Waals surface area contributed by atoms with Crippen LogP contribution in [0.25, 0.3) is 0 Å². The Balaban J connectivity index is 2.41. The van der Waals surface area contributed by atoms with E-state index < -0.39 is 36.0 Å². The first kappa shape index (κ1) is 20.7. The Hall–Kier alpha value is -2.63. The predicted octanol–water partition coefficient (Wildman–Crippen LogP) is 3.49. The van der Waals surface area contributed by atoms with Crippen LogP contribution in [-0.2, 0) is 23.9 Å². The van der Waals surface area contributed by atoms with Crippen LogP contribution in [0.5, 0.6) is 0 Å². The molecule has 3 unspecified atom stereocenters. The van der Waals surface area contributed by atoms with Gasteiger partial charge in [-0.3, -0.25) is 0 Å². The summed E-state index contributed by atoms with van der Waals surface area (Å²) in [6, 6.07) is 0. The van der Waals surface area contributed by atoms with Gasteiger partial charge in [0.2, 0.25) is 0 Å². The van der Waals surface area contributed by atoms with E-state index in [-0.39, 0.29) is 11.1 Å². The van der Waals surface area contributed by atoms with Gasteiger partial charge in [0.1, 0.15) is 12.2 Å². The molecule has 0 aromatic rings. The van der Waals surface area contributed by atoms with Crippen molar-refractivity contribution in [3.05, 3.63) is 47.1 Å². The number of carboxylic acids is 1. The van der Waals surface area contributed by atoms with E-state index in [4.69, 9.17) is 9.47 Å². The lowest BCUT2D eigenvalue weighted by atomic mass is 9.85. The molecule has 0 spiro atoms. The van der Waals surface area contributed by atoms with E-state index in [9.17, 15) is 19.5 Å². The van der Waals surface area contributed by atoms with Crippen molar-refractivity contribution in [2.45, 2.75) is 58.7 Å². The molecular formula is C21H26O6. The molecule has 3 atom stereocenters. The third-order valence-corrected chi connectivity index (χ3v) is 4.92. The third kappa shape index (κ3) is 5.18. The summed E-state index contributed by atoms with van der Waals surface area (Å²) in [6.07, 6.45) is 5.39. The average molecular weight is 374 g/mol.